The van der Waals surface area contributed by atoms with E-state index in [0.717, 1.165) is 55.5 Å². The third kappa shape index (κ3) is 4.53. The molecule has 11 heteroatoms. The molecule has 1 aromatic carbocycles. The van der Waals surface area contributed by atoms with Crippen LogP contribution in [-0.2, 0) is 11.2 Å². The molecule has 1 aliphatic heterocycles. The summed E-state index contributed by atoms with van der Waals surface area (Å²) in [6.07, 6.45) is 10.2. The quantitative estimate of drug-likeness (QED) is 0.310. The number of anilines is 1. The van der Waals surface area contributed by atoms with Crippen molar-refractivity contribution in [1.82, 2.24) is 44.7 Å². The summed E-state index contributed by atoms with van der Waals surface area (Å²) >= 11 is 0. The number of nitrogens with one attached hydrogen (secondary N) is 1. The fourth-order valence-corrected chi connectivity index (χ4v) is 6.02. The van der Waals surface area contributed by atoms with Gasteiger partial charge < -0.3 is 16.0 Å². The molecule has 0 bridgehead atoms. The molecule has 41 heavy (non-hydrogen) atoms. The lowest BCUT2D eigenvalue weighted by atomic mass is 10.0. The van der Waals surface area contributed by atoms with Gasteiger partial charge in [0.1, 0.15) is 11.3 Å². The molecule has 2 aliphatic rings. The molecule has 5 heterocycles. The number of pyridine rings is 2. The van der Waals surface area contributed by atoms with Gasteiger partial charge in [-0.15, -0.1) is 4.80 Å². The fraction of sp³-hybridized carbons (Fsp3) is 0.267. The molecule has 3 N–H and O–H groups in total. The van der Waals surface area contributed by atoms with Crippen molar-refractivity contribution in [1.29, 1.82) is 0 Å². The molecule has 0 spiro atoms. The first kappa shape index (κ1) is 25.1. The topological polar surface area (TPSA) is 133 Å². The summed E-state index contributed by atoms with van der Waals surface area (Å²) in [5.41, 5.74) is 12.1. The third-order valence-electron chi connectivity index (χ3n) is 8.07. The predicted octanol–water partition coefficient (Wildman–Crippen LogP) is 3.40. The van der Waals surface area contributed by atoms with Crippen molar-refractivity contribution in [2.75, 3.05) is 18.8 Å². The van der Waals surface area contributed by atoms with Gasteiger partial charge in [0.2, 0.25) is 5.91 Å². The number of rotatable bonds is 6. The largest absolute Gasteiger partial charge is 0.383 e. The SMILES string of the molecule is C=CC(=O)N1CCC(NC2CCc3cc(-n4c(-c5cccnc5N)nc5ccc(-n6nccn6)nc54)ccc32)CC1. The Morgan fingerprint density at radius 1 is 1.02 bits per heavy atom. The number of benzene rings is 1. The van der Waals surface area contributed by atoms with E-state index in [1.807, 2.05) is 33.7 Å². The normalized spacial score (nSPS) is 17.2. The summed E-state index contributed by atoms with van der Waals surface area (Å²) in [5, 5.41) is 12.4. The number of aryl methyl sites for hydroxylation is 1. The number of carbonyl (C=O) groups is 1. The van der Waals surface area contributed by atoms with Crippen LogP contribution in [0.15, 0.2) is 73.7 Å². The number of nitrogen functional groups attached to an aromatic ring is 1. The number of aromatic nitrogens is 7. The smallest absolute Gasteiger partial charge is 0.245 e. The summed E-state index contributed by atoms with van der Waals surface area (Å²) in [6, 6.07) is 14.8. The van der Waals surface area contributed by atoms with Crippen molar-refractivity contribution >= 4 is 22.9 Å². The van der Waals surface area contributed by atoms with Crippen molar-refractivity contribution in [3.05, 3.63) is 84.8 Å². The van der Waals surface area contributed by atoms with E-state index in [9.17, 15) is 4.79 Å². The van der Waals surface area contributed by atoms with E-state index in [2.05, 4.69) is 45.3 Å². The number of amides is 1. The lowest BCUT2D eigenvalue weighted by molar-refractivity contribution is -0.127. The molecular formula is C30H30N10O. The predicted molar refractivity (Wildman–Crippen MR) is 155 cm³/mol. The molecule has 206 valence electrons. The number of fused-ring (bicyclic) bond motifs is 2. The molecule has 0 radical (unpaired) electrons. The van der Waals surface area contributed by atoms with Crippen molar-refractivity contribution in [2.24, 2.45) is 0 Å². The van der Waals surface area contributed by atoms with Gasteiger partial charge >= 0.3 is 0 Å². The maximum Gasteiger partial charge on any atom is 0.245 e. The molecule has 0 saturated carbocycles. The molecule has 1 aliphatic carbocycles. The van der Waals surface area contributed by atoms with Crippen LogP contribution in [0.25, 0.3) is 34.1 Å². The number of piperidine rings is 1. The first-order chi connectivity index (χ1) is 20.1. The highest BCUT2D eigenvalue weighted by molar-refractivity contribution is 5.87. The van der Waals surface area contributed by atoms with Gasteiger partial charge in [-0.05, 0) is 79.3 Å². The van der Waals surface area contributed by atoms with Crippen LogP contribution in [0.1, 0.15) is 36.4 Å². The average Bonchev–Trinajstić information content (AvgIpc) is 3.76. The van der Waals surface area contributed by atoms with E-state index in [1.54, 1.807) is 18.6 Å². The Kier molecular flexibility index (Phi) is 6.27. The highest BCUT2D eigenvalue weighted by atomic mass is 16.2. The van der Waals surface area contributed by atoms with Crippen LogP contribution in [0.4, 0.5) is 5.82 Å². The van der Waals surface area contributed by atoms with Gasteiger partial charge in [0, 0.05) is 37.1 Å². The summed E-state index contributed by atoms with van der Waals surface area (Å²) < 4.78 is 2.04. The first-order valence-corrected chi connectivity index (χ1v) is 13.9. The van der Waals surface area contributed by atoms with E-state index < -0.39 is 0 Å². The molecule has 7 rings (SSSR count). The molecule has 1 fully saturated rings. The van der Waals surface area contributed by atoms with Gasteiger partial charge in [-0.1, -0.05) is 12.6 Å². The highest BCUT2D eigenvalue weighted by Gasteiger charge is 2.29. The minimum Gasteiger partial charge on any atom is -0.383 e. The molecule has 1 atom stereocenters. The van der Waals surface area contributed by atoms with Gasteiger partial charge in [-0.3, -0.25) is 9.36 Å². The Hall–Kier alpha value is -4.90. The van der Waals surface area contributed by atoms with Crippen LogP contribution < -0.4 is 11.1 Å². The Labute approximate surface area is 236 Å². The standard InChI is InChI=1S/C30H30N10O/c1-2-27(41)38-16-11-20(12-17-38)35-24-8-5-19-18-21(6-7-22(19)24)39-29(23-4-3-13-32-28(23)31)36-25-9-10-26(37-30(25)39)40-33-14-15-34-40/h2-4,6-7,9-10,13-15,18,20,24,35H,1,5,8,11-12,16-17H2,(H2,31,32). The Bertz CT molecular complexity index is 1750. The Balaban J connectivity index is 1.24. The molecule has 1 amide bonds. The van der Waals surface area contributed by atoms with Crippen LogP contribution in [0.2, 0.25) is 0 Å². The van der Waals surface area contributed by atoms with Crippen LogP contribution in [0, 0.1) is 0 Å². The molecule has 4 aromatic heterocycles. The van der Waals surface area contributed by atoms with Crippen molar-refractivity contribution in [2.45, 2.75) is 37.8 Å². The van der Waals surface area contributed by atoms with Gasteiger partial charge in [0.05, 0.1) is 18.0 Å². The van der Waals surface area contributed by atoms with Crippen molar-refractivity contribution in [3.8, 4) is 22.9 Å². The fourth-order valence-electron chi connectivity index (χ4n) is 6.02. The minimum absolute atomic E-state index is 0.0177. The molecule has 1 unspecified atom stereocenters. The van der Waals surface area contributed by atoms with Gasteiger partial charge in [0.25, 0.3) is 0 Å². The molecular weight excluding hydrogens is 516 g/mol. The number of hydrogen-bond donors (Lipinski definition) is 2. The van der Waals surface area contributed by atoms with E-state index in [0.29, 0.717) is 29.1 Å². The highest BCUT2D eigenvalue weighted by Crippen LogP contribution is 2.36. The van der Waals surface area contributed by atoms with Crippen molar-refractivity contribution in [3.63, 3.8) is 0 Å². The van der Waals surface area contributed by atoms with Gasteiger partial charge in [0.15, 0.2) is 17.3 Å². The zero-order valence-electron chi connectivity index (χ0n) is 22.5. The monoisotopic (exact) mass is 546 g/mol. The maximum atomic E-state index is 12.0. The van der Waals surface area contributed by atoms with Gasteiger partial charge in [-0.2, -0.15) is 10.2 Å². The van der Waals surface area contributed by atoms with E-state index in [4.69, 9.17) is 15.7 Å². The number of likely N-dealkylation sites (tertiary alicyclic amines) is 1. The summed E-state index contributed by atoms with van der Waals surface area (Å²) in [7, 11) is 0. The summed E-state index contributed by atoms with van der Waals surface area (Å²) in [6.45, 7) is 5.14. The van der Waals surface area contributed by atoms with Gasteiger partial charge in [-0.25, -0.2) is 15.0 Å². The zero-order valence-corrected chi connectivity index (χ0v) is 22.5. The minimum atomic E-state index is 0.0177. The second-order valence-corrected chi connectivity index (χ2v) is 10.5. The molecule has 11 nitrogen and oxygen atoms in total. The third-order valence-corrected chi connectivity index (χ3v) is 8.07. The second-order valence-electron chi connectivity index (χ2n) is 10.5. The summed E-state index contributed by atoms with van der Waals surface area (Å²) in [5.74, 6) is 1.70. The Morgan fingerprint density at radius 3 is 2.63 bits per heavy atom. The maximum absolute atomic E-state index is 12.0. The lowest BCUT2D eigenvalue weighted by Gasteiger charge is -2.33. The summed E-state index contributed by atoms with van der Waals surface area (Å²) in [4.78, 5) is 29.5. The van der Waals surface area contributed by atoms with Crippen LogP contribution in [0.3, 0.4) is 0 Å². The number of carbonyl (C=O) groups excluding carboxylic acids is 1. The van der Waals surface area contributed by atoms with Crippen molar-refractivity contribution < 1.29 is 4.79 Å². The molecule has 5 aromatic rings. The molecule has 1 saturated heterocycles. The number of nitrogens with two attached hydrogens (primary N) is 1. The van der Waals surface area contributed by atoms with E-state index >= 15 is 0 Å². The Morgan fingerprint density at radius 2 is 1.85 bits per heavy atom. The number of imidazole rings is 1. The average molecular weight is 547 g/mol. The lowest BCUT2D eigenvalue weighted by Crippen LogP contribution is -2.45. The number of hydrogen-bond acceptors (Lipinski definition) is 8. The number of nitrogens with zero attached hydrogens (tertiary/aromatic N) is 8. The zero-order chi connectivity index (χ0) is 27.9. The second kappa shape index (κ2) is 10.3. The van der Waals surface area contributed by atoms with Crippen LogP contribution in [0.5, 0.6) is 0 Å². The first-order valence-electron chi connectivity index (χ1n) is 13.9. The van der Waals surface area contributed by atoms with Crippen LogP contribution in [-0.4, -0.2) is 64.5 Å². The van der Waals surface area contributed by atoms with E-state index in [1.165, 1.54) is 22.0 Å². The van der Waals surface area contributed by atoms with E-state index in [-0.39, 0.29) is 11.9 Å². The van der Waals surface area contributed by atoms with Crippen LogP contribution >= 0.6 is 0 Å².